The van der Waals surface area contributed by atoms with Crippen molar-refractivity contribution in [2.75, 3.05) is 5.73 Å². The predicted molar refractivity (Wildman–Crippen MR) is 125 cm³/mol. The molecule has 3 aromatic rings. The molecule has 8 nitrogen and oxygen atoms in total. The molecule has 0 unspecified atom stereocenters. The van der Waals surface area contributed by atoms with Gasteiger partial charge in [0.1, 0.15) is 10.6 Å². The van der Waals surface area contributed by atoms with Crippen LogP contribution in [0, 0.1) is 0 Å². The summed E-state index contributed by atoms with van der Waals surface area (Å²) in [4.78, 5) is 25.7. The van der Waals surface area contributed by atoms with Gasteiger partial charge in [-0.3, -0.25) is 14.1 Å². The van der Waals surface area contributed by atoms with Gasteiger partial charge in [0.25, 0.3) is 10.1 Å². The molecule has 0 fully saturated rings. The van der Waals surface area contributed by atoms with Crippen molar-refractivity contribution in [3.8, 4) is 17.2 Å². The highest BCUT2D eigenvalue weighted by atomic mass is 32.2. The number of anilines is 1. The van der Waals surface area contributed by atoms with Crippen LogP contribution in [0.15, 0.2) is 53.4 Å². The third-order valence-electron chi connectivity index (χ3n) is 6.26. The smallest absolute Gasteiger partial charge is 0.298 e. The van der Waals surface area contributed by atoms with Crippen LogP contribution >= 0.6 is 0 Å². The first-order valence-corrected chi connectivity index (χ1v) is 11.9. The molecule has 0 aliphatic heterocycles. The van der Waals surface area contributed by atoms with E-state index in [4.69, 9.17) is 10.5 Å². The Morgan fingerprint density at radius 3 is 2.12 bits per heavy atom. The van der Waals surface area contributed by atoms with Crippen molar-refractivity contribution in [2.24, 2.45) is 0 Å². The van der Waals surface area contributed by atoms with Gasteiger partial charge < -0.3 is 15.6 Å². The summed E-state index contributed by atoms with van der Waals surface area (Å²) in [7, 11) is -4.69. The molecule has 0 heterocycles. The fourth-order valence-corrected chi connectivity index (χ4v) is 4.65. The normalized spacial score (nSPS) is 13.4. The highest BCUT2D eigenvalue weighted by Gasteiger charge is 2.36. The zero-order valence-electron chi connectivity index (χ0n) is 18.7. The zero-order chi connectivity index (χ0) is 25.0. The average molecular weight is 482 g/mol. The molecule has 0 aromatic heterocycles. The van der Waals surface area contributed by atoms with Gasteiger partial charge in [-0.05, 0) is 17.9 Å². The second kappa shape index (κ2) is 7.96. The second-order valence-electron chi connectivity index (χ2n) is 8.71. The van der Waals surface area contributed by atoms with Crippen molar-refractivity contribution in [2.45, 2.75) is 37.5 Å². The highest BCUT2D eigenvalue weighted by molar-refractivity contribution is 7.86. The van der Waals surface area contributed by atoms with E-state index in [0.29, 0.717) is 12.0 Å². The van der Waals surface area contributed by atoms with Gasteiger partial charge in [-0.1, -0.05) is 57.2 Å². The van der Waals surface area contributed by atoms with Crippen LogP contribution < -0.4 is 10.5 Å². The number of phenols is 1. The first-order valence-electron chi connectivity index (χ1n) is 10.5. The third kappa shape index (κ3) is 3.63. The number of ether oxygens (including phenoxy) is 1. The van der Waals surface area contributed by atoms with Gasteiger partial charge in [0.05, 0.1) is 16.8 Å². The number of carbonyl (C=O) groups excluding carboxylic acids is 2. The second-order valence-corrected chi connectivity index (χ2v) is 10.1. The minimum atomic E-state index is -4.69. The van der Waals surface area contributed by atoms with Crippen molar-refractivity contribution < 1.29 is 32.4 Å². The van der Waals surface area contributed by atoms with Crippen LogP contribution in [0.4, 0.5) is 5.69 Å². The molecule has 0 saturated carbocycles. The summed E-state index contributed by atoms with van der Waals surface area (Å²) in [6.07, 6.45) is 0.604. The molecule has 9 heteroatoms. The van der Waals surface area contributed by atoms with Gasteiger partial charge in [0.2, 0.25) is 0 Å². The SMILES string of the molecule is CCC(C)(C)c1cccc(S(=O)(=O)O)c1Oc1cc(O)c2c(c1N)C(=O)c1ccccc1C2=O. The number of para-hydroxylation sites is 1. The number of fused-ring (bicyclic) bond motifs is 2. The molecule has 0 saturated heterocycles. The minimum absolute atomic E-state index is 0.134. The topological polar surface area (TPSA) is 144 Å². The van der Waals surface area contributed by atoms with E-state index in [2.05, 4.69) is 0 Å². The molecule has 176 valence electrons. The van der Waals surface area contributed by atoms with Crippen LogP contribution in [0.2, 0.25) is 0 Å². The molecule has 4 rings (SSSR count). The fourth-order valence-electron chi connectivity index (χ4n) is 4.02. The van der Waals surface area contributed by atoms with E-state index in [9.17, 15) is 27.7 Å². The number of nitrogen functional groups attached to an aromatic ring is 1. The Balaban J connectivity index is 1.96. The Kier molecular flexibility index (Phi) is 5.50. The summed E-state index contributed by atoms with van der Waals surface area (Å²) >= 11 is 0. The lowest BCUT2D eigenvalue weighted by molar-refractivity contribution is 0.0977. The van der Waals surface area contributed by atoms with Gasteiger partial charge in [0.15, 0.2) is 23.1 Å². The molecule has 0 spiro atoms. The van der Waals surface area contributed by atoms with E-state index in [-0.39, 0.29) is 39.4 Å². The lowest BCUT2D eigenvalue weighted by atomic mass is 9.81. The molecule has 3 aromatic carbocycles. The molecule has 0 amide bonds. The fraction of sp³-hybridized carbons (Fsp3) is 0.200. The van der Waals surface area contributed by atoms with Gasteiger partial charge in [-0.15, -0.1) is 0 Å². The summed E-state index contributed by atoms with van der Waals surface area (Å²) in [5, 5.41) is 10.7. The molecule has 0 radical (unpaired) electrons. The molecule has 1 aliphatic rings. The molecule has 0 bridgehead atoms. The van der Waals surface area contributed by atoms with Gasteiger partial charge >= 0.3 is 0 Å². The van der Waals surface area contributed by atoms with Gasteiger partial charge in [-0.25, -0.2) is 0 Å². The monoisotopic (exact) mass is 481 g/mol. The number of hydrogen-bond acceptors (Lipinski definition) is 7. The first-order chi connectivity index (χ1) is 15.9. The van der Waals surface area contributed by atoms with E-state index in [0.717, 1.165) is 6.07 Å². The molecule has 4 N–H and O–H groups in total. The van der Waals surface area contributed by atoms with Crippen LogP contribution in [-0.4, -0.2) is 29.6 Å². The first kappa shape index (κ1) is 23.5. The van der Waals surface area contributed by atoms with Crippen molar-refractivity contribution in [1.82, 2.24) is 0 Å². The molecule has 0 atom stereocenters. The number of aromatic hydroxyl groups is 1. The maximum atomic E-state index is 13.2. The predicted octanol–water partition coefficient (Wildman–Crippen LogP) is 4.48. The molecular weight excluding hydrogens is 458 g/mol. The summed E-state index contributed by atoms with van der Waals surface area (Å²) < 4.78 is 40.0. The molecule has 1 aliphatic carbocycles. The number of carbonyl (C=O) groups is 2. The molecular formula is C25H23NO7S. The van der Waals surface area contributed by atoms with Crippen molar-refractivity contribution in [3.05, 3.63) is 76.3 Å². The Morgan fingerprint density at radius 1 is 0.971 bits per heavy atom. The summed E-state index contributed by atoms with van der Waals surface area (Å²) in [6.45, 7) is 5.65. The van der Waals surface area contributed by atoms with Crippen LogP contribution in [0.25, 0.3) is 0 Å². The Hall–Kier alpha value is -3.69. The van der Waals surface area contributed by atoms with Crippen LogP contribution in [-0.2, 0) is 15.5 Å². The largest absolute Gasteiger partial charge is 0.507 e. The van der Waals surface area contributed by atoms with E-state index in [1.54, 1.807) is 18.2 Å². The third-order valence-corrected chi connectivity index (χ3v) is 7.14. The van der Waals surface area contributed by atoms with Crippen LogP contribution in [0.3, 0.4) is 0 Å². The number of rotatable bonds is 5. The van der Waals surface area contributed by atoms with Crippen molar-refractivity contribution in [3.63, 3.8) is 0 Å². The number of nitrogens with two attached hydrogens (primary N) is 1. The Labute approximate surface area is 196 Å². The molecule has 34 heavy (non-hydrogen) atoms. The Bertz CT molecular complexity index is 1470. The van der Waals surface area contributed by atoms with Gasteiger partial charge in [-0.2, -0.15) is 8.42 Å². The maximum Gasteiger partial charge on any atom is 0.298 e. The Morgan fingerprint density at radius 2 is 1.56 bits per heavy atom. The van der Waals surface area contributed by atoms with E-state index in [1.165, 1.54) is 24.3 Å². The quantitative estimate of drug-likeness (QED) is 0.215. The van der Waals surface area contributed by atoms with E-state index < -0.39 is 37.7 Å². The van der Waals surface area contributed by atoms with Crippen molar-refractivity contribution in [1.29, 1.82) is 0 Å². The standard InChI is InChI=1S/C25H23NO7S/c1-4-25(2,3)15-10-7-11-18(34(30,31)32)24(15)33-17-12-16(27)19-20(21(17)26)23(29)14-9-6-5-8-13(14)22(19)28/h5-12,27H,4,26H2,1-3H3,(H,30,31,32). The zero-order valence-corrected chi connectivity index (χ0v) is 19.6. The lowest BCUT2D eigenvalue weighted by Gasteiger charge is -2.28. The highest BCUT2D eigenvalue weighted by Crippen LogP contribution is 2.46. The van der Waals surface area contributed by atoms with E-state index in [1.807, 2.05) is 20.8 Å². The minimum Gasteiger partial charge on any atom is -0.507 e. The number of phenolic OH excluding ortho intramolecular Hbond substituents is 1. The number of ketones is 2. The van der Waals surface area contributed by atoms with Crippen LogP contribution in [0.5, 0.6) is 17.2 Å². The van der Waals surface area contributed by atoms with Gasteiger partial charge in [0, 0.05) is 22.8 Å². The number of benzene rings is 3. The number of hydrogen-bond donors (Lipinski definition) is 3. The maximum absolute atomic E-state index is 13.2. The summed E-state index contributed by atoms with van der Waals surface area (Å²) in [6, 6.07) is 11.6. The van der Waals surface area contributed by atoms with Crippen molar-refractivity contribution >= 4 is 27.4 Å². The average Bonchev–Trinajstić information content (AvgIpc) is 2.79. The van der Waals surface area contributed by atoms with E-state index >= 15 is 0 Å². The van der Waals surface area contributed by atoms with Crippen LogP contribution in [0.1, 0.15) is 64.6 Å². The lowest BCUT2D eigenvalue weighted by Crippen LogP contribution is -2.23. The summed E-state index contributed by atoms with van der Waals surface area (Å²) in [5.74, 6) is -2.07. The summed E-state index contributed by atoms with van der Waals surface area (Å²) in [5.41, 5.74) is 5.74.